The molecule has 140 valence electrons. The van der Waals surface area contributed by atoms with Crippen molar-refractivity contribution in [3.63, 3.8) is 0 Å². The number of rotatable bonds is 4. The third kappa shape index (κ3) is 4.21. The van der Waals surface area contributed by atoms with E-state index in [0.717, 1.165) is 0 Å². The highest BCUT2D eigenvalue weighted by Crippen LogP contribution is 2.37. The fourth-order valence-corrected chi connectivity index (χ4v) is 3.08. The summed E-state index contributed by atoms with van der Waals surface area (Å²) < 4.78 is 56.0. The Morgan fingerprint density at radius 2 is 1.92 bits per heavy atom. The molecular weight excluding hydrogens is 341 g/mol. The van der Waals surface area contributed by atoms with Crippen molar-refractivity contribution >= 4 is 0 Å². The molecule has 9 heteroatoms. The average molecular weight is 362 g/mol. The molecule has 2 heterocycles. The summed E-state index contributed by atoms with van der Waals surface area (Å²) in [4.78, 5) is 7.01. The normalized spacial score (nSPS) is 22.3. The van der Waals surface area contributed by atoms with E-state index in [9.17, 15) is 18.3 Å². The number of halogens is 3. The molecule has 0 bridgehead atoms. The Kier molecular flexibility index (Phi) is 5.17. The zero-order chi connectivity index (χ0) is 18.1. The lowest BCUT2D eigenvalue weighted by molar-refractivity contribution is -0.186. The van der Waals surface area contributed by atoms with Gasteiger partial charge in [0.1, 0.15) is 6.10 Å². The minimum absolute atomic E-state index is 0.106. The summed E-state index contributed by atoms with van der Waals surface area (Å²) in [5.74, 6) is -2.47. The molecule has 1 aliphatic carbocycles. The summed E-state index contributed by atoms with van der Waals surface area (Å²) in [5, 5.41) is 9.20. The summed E-state index contributed by atoms with van der Waals surface area (Å²) in [5.41, 5.74) is 0.106. The van der Waals surface area contributed by atoms with E-state index in [-0.39, 0.29) is 24.3 Å². The Morgan fingerprint density at radius 3 is 2.48 bits per heavy atom. The van der Waals surface area contributed by atoms with Crippen LogP contribution in [0.3, 0.4) is 0 Å². The maximum absolute atomic E-state index is 13.0. The van der Waals surface area contributed by atoms with E-state index >= 15 is 0 Å². The molecule has 0 amide bonds. The highest BCUT2D eigenvalue weighted by atomic mass is 19.4. The predicted octanol–water partition coefficient (Wildman–Crippen LogP) is 2.66. The van der Waals surface area contributed by atoms with Crippen LogP contribution in [0.2, 0.25) is 0 Å². The van der Waals surface area contributed by atoms with Crippen LogP contribution in [0, 0.1) is 0 Å². The van der Waals surface area contributed by atoms with Crippen LogP contribution in [0.5, 0.6) is 5.88 Å². The van der Waals surface area contributed by atoms with Crippen LogP contribution in [-0.4, -0.2) is 46.8 Å². The second-order valence-corrected chi connectivity index (χ2v) is 6.46. The van der Waals surface area contributed by atoms with Crippen LogP contribution >= 0.6 is 0 Å². The zero-order valence-corrected chi connectivity index (χ0v) is 13.9. The van der Waals surface area contributed by atoms with E-state index in [4.69, 9.17) is 14.2 Å². The lowest BCUT2D eigenvalue weighted by atomic mass is 9.92. The Morgan fingerprint density at radius 1 is 1.28 bits per heavy atom. The van der Waals surface area contributed by atoms with Gasteiger partial charge in [0.25, 0.3) is 0 Å². The van der Waals surface area contributed by atoms with Gasteiger partial charge in [0, 0.05) is 24.8 Å². The zero-order valence-electron chi connectivity index (χ0n) is 13.9. The second kappa shape index (κ2) is 7.05. The van der Waals surface area contributed by atoms with E-state index in [2.05, 4.69) is 9.97 Å². The second-order valence-electron chi connectivity index (χ2n) is 6.46. The SMILES string of the molecule is C[C@@H](CO)c1cc(OC2CCC3(CC2)OCCO3)nc(C(F)(F)F)n1. The first-order valence-corrected chi connectivity index (χ1v) is 8.33. The molecule has 1 aromatic heterocycles. The minimum atomic E-state index is -4.68. The molecule has 3 rings (SSSR count). The number of aromatic nitrogens is 2. The molecule has 1 spiro atoms. The van der Waals surface area contributed by atoms with Gasteiger partial charge in [-0.1, -0.05) is 6.92 Å². The number of hydrogen-bond acceptors (Lipinski definition) is 6. The van der Waals surface area contributed by atoms with Crippen molar-refractivity contribution < 1.29 is 32.5 Å². The topological polar surface area (TPSA) is 73.7 Å². The van der Waals surface area contributed by atoms with E-state index < -0.39 is 23.7 Å². The number of nitrogens with zero attached hydrogens (tertiary/aromatic N) is 2. The van der Waals surface area contributed by atoms with E-state index in [1.807, 2.05) is 0 Å². The molecule has 1 aromatic rings. The first kappa shape index (κ1) is 18.3. The van der Waals surface area contributed by atoms with Crippen molar-refractivity contribution in [3.8, 4) is 5.88 Å². The highest BCUT2D eigenvalue weighted by Gasteiger charge is 2.41. The van der Waals surface area contributed by atoms with Crippen LogP contribution in [0.25, 0.3) is 0 Å². The predicted molar refractivity (Wildman–Crippen MR) is 80.1 cm³/mol. The van der Waals surface area contributed by atoms with Gasteiger partial charge in [-0.2, -0.15) is 18.2 Å². The van der Waals surface area contributed by atoms with Crippen molar-refractivity contribution in [2.75, 3.05) is 19.8 Å². The molecule has 25 heavy (non-hydrogen) atoms. The van der Waals surface area contributed by atoms with Gasteiger partial charge in [-0.3, -0.25) is 0 Å². The molecule has 1 aliphatic heterocycles. The summed E-state index contributed by atoms with van der Waals surface area (Å²) in [6.07, 6.45) is -2.45. The van der Waals surface area contributed by atoms with Crippen LogP contribution < -0.4 is 4.74 Å². The monoisotopic (exact) mass is 362 g/mol. The highest BCUT2D eigenvalue weighted by molar-refractivity contribution is 5.20. The first-order chi connectivity index (χ1) is 11.8. The molecule has 1 saturated heterocycles. The molecule has 0 aromatic carbocycles. The molecule has 1 saturated carbocycles. The van der Waals surface area contributed by atoms with Gasteiger partial charge in [-0.05, 0) is 12.8 Å². The standard InChI is InChI=1S/C16H21F3N2O4/c1-10(9-22)12-8-13(21-14(20-12)16(17,18)19)25-11-2-4-15(5-3-11)23-6-7-24-15/h8,10-11,22H,2-7,9H2,1H3/t10-/m0/s1. The third-order valence-corrected chi connectivity index (χ3v) is 4.55. The molecule has 2 aliphatic rings. The Labute approximate surface area is 143 Å². The Bertz CT molecular complexity index is 596. The van der Waals surface area contributed by atoms with Crippen molar-refractivity contribution in [1.82, 2.24) is 9.97 Å². The molecule has 1 atom stereocenters. The first-order valence-electron chi connectivity index (χ1n) is 8.33. The quantitative estimate of drug-likeness (QED) is 0.888. The Balaban J connectivity index is 1.73. The summed E-state index contributed by atoms with van der Waals surface area (Å²) in [6, 6.07) is 1.36. The minimum Gasteiger partial charge on any atom is -0.474 e. The third-order valence-electron chi connectivity index (χ3n) is 4.55. The van der Waals surface area contributed by atoms with Crippen molar-refractivity contribution in [3.05, 3.63) is 17.6 Å². The molecule has 0 unspecified atom stereocenters. The van der Waals surface area contributed by atoms with Crippen LogP contribution in [0.1, 0.15) is 50.0 Å². The lowest BCUT2D eigenvalue weighted by Gasteiger charge is -2.35. The van der Waals surface area contributed by atoms with Crippen LogP contribution in [-0.2, 0) is 15.7 Å². The van der Waals surface area contributed by atoms with Gasteiger partial charge in [0.05, 0.1) is 25.5 Å². The van der Waals surface area contributed by atoms with Gasteiger partial charge in [0.2, 0.25) is 11.7 Å². The van der Waals surface area contributed by atoms with Gasteiger partial charge < -0.3 is 19.3 Å². The van der Waals surface area contributed by atoms with E-state index in [1.165, 1.54) is 6.07 Å². The number of hydrogen-bond donors (Lipinski definition) is 1. The largest absolute Gasteiger partial charge is 0.474 e. The molecule has 0 radical (unpaired) electrons. The van der Waals surface area contributed by atoms with E-state index in [0.29, 0.717) is 38.9 Å². The molecule has 1 N–H and O–H groups in total. The summed E-state index contributed by atoms with van der Waals surface area (Å²) in [7, 11) is 0. The van der Waals surface area contributed by atoms with Gasteiger partial charge in [-0.15, -0.1) is 0 Å². The fourth-order valence-electron chi connectivity index (χ4n) is 3.08. The smallest absolute Gasteiger partial charge is 0.451 e. The number of aliphatic hydroxyl groups is 1. The van der Waals surface area contributed by atoms with Crippen LogP contribution in [0.4, 0.5) is 13.2 Å². The molecular formula is C16H21F3N2O4. The number of aliphatic hydroxyl groups excluding tert-OH is 1. The van der Waals surface area contributed by atoms with Gasteiger partial charge >= 0.3 is 6.18 Å². The van der Waals surface area contributed by atoms with Crippen molar-refractivity contribution in [1.29, 1.82) is 0 Å². The number of alkyl halides is 3. The maximum atomic E-state index is 13.0. The van der Waals surface area contributed by atoms with Crippen molar-refractivity contribution in [2.24, 2.45) is 0 Å². The fraction of sp³-hybridized carbons (Fsp3) is 0.750. The lowest BCUT2D eigenvalue weighted by Crippen LogP contribution is -2.38. The maximum Gasteiger partial charge on any atom is 0.451 e. The van der Waals surface area contributed by atoms with Gasteiger partial charge in [0.15, 0.2) is 5.79 Å². The Hall–Kier alpha value is -1.45. The summed E-state index contributed by atoms with van der Waals surface area (Å²) >= 11 is 0. The van der Waals surface area contributed by atoms with Gasteiger partial charge in [-0.25, -0.2) is 4.98 Å². The summed E-state index contributed by atoms with van der Waals surface area (Å²) in [6.45, 7) is 2.41. The molecule has 2 fully saturated rings. The molecule has 6 nitrogen and oxygen atoms in total. The average Bonchev–Trinajstić information content (AvgIpc) is 3.03. The number of ether oxygens (including phenoxy) is 3. The van der Waals surface area contributed by atoms with E-state index in [1.54, 1.807) is 6.92 Å². The van der Waals surface area contributed by atoms with Crippen molar-refractivity contribution in [2.45, 2.75) is 56.6 Å². The van der Waals surface area contributed by atoms with Crippen LogP contribution in [0.15, 0.2) is 6.07 Å².